The second-order valence-electron chi connectivity index (χ2n) is 8.18. The van der Waals surface area contributed by atoms with Crippen LogP contribution in [0.3, 0.4) is 0 Å². The summed E-state index contributed by atoms with van der Waals surface area (Å²) in [7, 11) is 0. The van der Waals surface area contributed by atoms with Crippen LogP contribution in [0, 0.1) is 17.6 Å². The molecule has 4 aromatic rings. The minimum absolute atomic E-state index is 0.149. The Bertz CT molecular complexity index is 1330. The van der Waals surface area contributed by atoms with Crippen LogP contribution in [-0.2, 0) is 0 Å². The fraction of sp³-hybridized carbons (Fsp3) is 0.292. The molecule has 3 heterocycles. The third kappa shape index (κ3) is 4.53. The van der Waals surface area contributed by atoms with Crippen molar-refractivity contribution in [3.05, 3.63) is 59.1 Å². The molecule has 2 aromatic heterocycles. The highest BCUT2D eigenvalue weighted by molar-refractivity contribution is 6.33. The van der Waals surface area contributed by atoms with E-state index in [1.807, 2.05) is 25.1 Å². The fourth-order valence-electron chi connectivity index (χ4n) is 4.11. The zero-order valence-electron chi connectivity index (χ0n) is 18.3. The lowest BCUT2D eigenvalue weighted by molar-refractivity contribution is 0.124. The molecule has 1 aliphatic heterocycles. The monoisotopic (exact) mass is 485 g/mol. The summed E-state index contributed by atoms with van der Waals surface area (Å²) in [5.41, 5.74) is 1.59. The predicted octanol–water partition coefficient (Wildman–Crippen LogP) is 5.51. The molecule has 0 spiro atoms. The standard InChI is InChI=1S/C24H22ClF2N5O2/c1-13(14-8-10-28-11-9-14)33-23-20-21(16-4-2-3-5-17(16)25)31-32-22(20)29-24(30-23)34-19-7-6-15(26)12-18(19)27/h2-7,12-14,28H,8-11H2,1H3,(H,29,30,31,32). The summed E-state index contributed by atoms with van der Waals surface area (Å²) in [6.07, 6.45) is 1.80. The van der Waals surface area contributed by atoms with E-state index in [-0.39, 0.29) is 29.4 Å². The summed E-state index contributed by atoms with van der Waals surface area (Å²) in [4.78, 5) is 8.77. The smallest absolute Gasteiger partial charge is 0.327 e. The van der Waals surface area contributed by atoms with Crippen molar-refractivity contribution in [3.63, 3.8) is 0 Å². The van der Waals surface area contributed by atoms with Gasteiger partial charge in [0.2, 0.25) is 5.88 Å². The lowest BCUT2D eigenvalue weighted by Crippen LogP contribution is -2.35. The van der Waals surface area contributed by atoms with E-state index in [9.17, 15) is 8.78 Å². The van der Waals surface area contributed by atoms with Crippen LogP contribution in [0.5, 0.6) is 17.6 Å². The number of aromatic nitrogens is 4. The van der Waals surface area contributed by atoms with Crippen molar-refractivity contribution in [3.8, 4) is 28.9 Å². The van der Waals surface area contributed by atoms with Crippen LogP contribution in [0.2, 0.25) is 5.02 Å². The number of hydrogen-bond donors (Lipinski definition) is 2. The van der Waals surface area contributed by atoms with Gasteiger partial charge in [-0.05, 0) is 57.0 Å². The number of nitrogens with one attached hydrogen (secondary N) is 2. The van der Waals surface area contributed by atoms with Crippen LogP contribution in [-0.4, -0.2) is 39.4 Å². The van der Waals surface area contributed by atoms with E-state index in [0.717, 1.165) is 38.1 Å². The summed E-state index contributed by atoms with van der Waals surface area (Å²) >= 11 is 6.43. The molecule has 0 saturated carbocycles. The number of piperidine rings is 1. The van der Waals surface area contributed by atoms with Crippen molar-refractivity contribution in [2.45, 2.75) is 25.9 Å². The van der Waals surface area contributed by atoms with Crippen LogP contribution in [0.25, 0.3) is 22.3 Å². The van der Waals surface area contributed by atoms with Crippen LogP contribution in [0.4, 0.5) is 8.78 Å². The molecule has 0 aliphatic carbocycles. The van der Waals surface area contributed by atoms with Gasteiger partial charge in [0.25, 0.3) is 0 Å². The molecule has 176 valence electrons. The highest BCUT2D eigenvalue weighted by Crippen LogP contribution is 2.38. The Hall–Kier alpha value is -3.30. The molecule has 7 nitrogen and oxygen atoms in total. The first-order chi connectivity index (χ1) is 16.5. The molecule has 1 aliphatic rings. The maximum atomic E-state index is 14.2. The third-order valence-corrected chi connectivity index (χ3v) is 6.27. The topological polar surface area (TPSA) is 85.0 Å². The Balaban J connectivity index is 1.58. The van der Waals surface area contributed by atoms with Gasteiger partial charge in [-0.1, -0.05) is 29.8 Å². The zero-order chi connectivity index (χ0) is 23.7. The number of nitrogens with zero attached hydrogens (tertiary/aromatic N) is 3. The maximum Gasteiger partial charge on any atom is 0.327 e. The van der Waals surface area contributed by atoms with Gasteiger partial charge in [-0.2, -0.15) is 15.1 Å². The van der Waals surface area contributed by atoms with Crippen LogP contribution >= 0.6 is 11.6 Å². The Morgan fingerprint density at radius 2 is 1.88 bits per heavy atom. The molecule has 1 saturated heterocycles. The van der Waals surface area contributed by atoms with Crippen LogP contribution < -0.4 is 14.8 Å². The Morgan fingerprint density at radius 1 is 1.09 bits per heavy atom. The zero-order valence-corrected chi connectivity index (χ0v) is 19.1. The summed E-state index contributed by atoms with van der Waals surface area (Å²) < 4.78 is 39.4. The highest BCUT2D eigenvalue weighted by Gasteiger charge is 2.26. The molecule has 0 bridgehead atoms. The number of halogens is 3. The van der Waals surface area contributed by atoms with Gasteiger partial charge in [0, 0.05) is 16.7 Å². The van der Waals surface area contributed by atoms with E-state index < -0.39 is 11.6 Å². The number of H-pyrrole nitrogens is 1. The van der Waals surface area contributed by atoms with E-state index in [0.29, 0.717) is 27.6 Å². The molecule has 5 rings (SSSR count). The first-order valence-electron chi connectivity index (χ1n) is 11.0. The second-order valence-corrected chi connectivity index (χ2v) is 8.58. The second kappa shape index (κ2) is 9.52. The Kier molecular flexibility index (Phi) is 6.30. The first-order valence-corrected chi connectivity index (χ1v) is 11.4. The summed E-state index contributed by atoms with van der Waals surface area (Å²) in [5.74, 6) is -1.20. The fourth-order valence-corrected chi connectivity index (χ4v) is 4.34. The number of fused-ring (bicyclic) bond motifs is 1. The molecule has 0 radical (unpaired) electrons. The largest absolute Gasteiger partial charge is 0.474 e. The van der Waals surface area contributed by atoms with Gasteiger partial charge in [0.15, 0.2) is 17.2 Å². The van der Waals surface area contributed by atoms with Crippen molar-refractivity contribution < 1.29 is 18.3 Å². The lowest BCUT2D eigenvalue weighted by Gasteiger charge is -2.28. The SMILES string of the molecule is CC(Oc1nc(Oc2ccc(F)cc2F)nc2n[nH]c(-c3ccccc3Cl)c12)C1CCNCC1. The molecule has 10 heteroatoms. The lowest BCUT2D eigenvalue weighted by atomic mass is 9.93. The summed E-state index contributed by atoms with van der Waals surface area (Å²) in [6, 6.07) is 10.2. The number of rotatable bonds is 6. The van der Waals surface area contributed by atoms with Gasteiger partial charge in [-0.25, -0.2) is 8.78 Å². The van der Waals surface area contributed by atoms with Crippen LogP contribution in [0.1, 0.15) is 19.8 Å². The molecule has 2 N–H and O–H groups in total. The average molecular weight is 486 g/mol. The van der Waals surface area contributed by atoms with Gasteiger partial charge < -0.3 is 14.8 Å². The van der Waals surface area contributed by atoms with Crippen LogP contribution in [0.15, 0.2) is 42.5 Å². The molecule has 1 fully saturated rings. The molecule has 2 aromatic carbocycles. The first kappa shape index (κ1) is 22.5. The van der Waals surface area contributed by atoms with Crippen molar-refractivity contribution in [2.24, 2.45) is 5.92 Å². The van der Waals surface area contributed by atoms with E-state index in [1.165, 1.54) is 6.07 Å². The number of ether oxygens (including phenoxy) is 2. The molecule has 34 heavy (non-hydrogen) atoms. The van der Waals surface area contributed by atoms with E-state index in [2.05, 4.69) is 25.5 Å². The quantitative estimate of drug-likeness (QED) is 0.374. The van der Waals surface area contributed by atoms with Gasteiger partial charge >= 0.3 is 6.01 Å². The van der Waals surface area contributed by atoms with Crippen molar-refractivity contribution in [1.29, 1.82) is 0 Å². The van der Waals surface area contributed by atoms with Gasteiger partial charge in [-0.3, -0.25) is 5.10 Å². The van der Waals surface area contributed by atoms with E-state index >= 15 is 0 Å². The normalized spacial score (nSPS) is 15.4. The molecule has 1 atom stereocenters. The molecular formula is C24H22ClF2N5O2. The highest BCUT2D eigenvalue weighted by atomic mass is 35.5. The van der Waals surface area contributed by atoms with Crippen molar-refractivity contribution in [1.82, 2.24) is 25.5 Å². The Morgan fingerprint density at radius 3 is 2.65 bits per heavy atom. The average Bonchev–Trinajstić information content (AvgIpc) is 3.26. The predicted molar refractivity (Wildman–Crippen MR) is 124 cm³/mol. The Labute approximate surface area is 199 Å². The minimum Gasteiger partial charge on any atom is -0.474 e. The summed E-state index contributed by atoms with van der Waals surface area (Å²) in [6.45, 7) is 3.85. The van der Waals surface area contributed by atoms with Crippen molar-refractivity contribution in [2.75, 3.05) is 13.1 Å². The maximum absolute atomic E-state index is 14.2. The number of hydrogen-bond acceptors (Lipinski definition) is 6. The van der Waals surface area contributed by atoms with Crippen molar-refractivity contribution >= 4 is 22.6 Å². The molecule has 1 unspecified atom stereocenters. The van der Waals surface area contributed by atoms with E-state index in [1.54, 1.807) is 6.07 Å². The van der Waals surface area contributed by atoms with Gasteiger partial charge in [-0.15, -0.1) is 0 Å². The van der Waals surface area contributed by atoms with Gasteiger partial charge in [0.05, 0.1) is 5.69 Å². The third-order valence-electron chi connectivity index (χ3n) is 5.94. The number of benzene rings is 2. The molecule has 0 amide bonds. The summed E-state index contributed by atoms with van der Waals surface area (Å²) in [5, 5.41) is 11.7. The number of aromatic amines is 1. The van der Waals surface area contributed by atoms with E-state index in [4.69, 9.17) is 21.1 Å². The van der Waals surface area contributed by atoms with Gasteiger partial charge in [0.1, 0.15) is 17.3 Å². The molecular weight excluding hydrogens is 464 g/mol. The minimum atomic E-state index is -0.868.